The molecule has 0 radical (unpaired) electrons. The van der Waals surface area contributed by atoms with Crippen molar-refractivity contribution in [2.75, 3.05) is 0 Å². The molecule has 1 heterocycles. The van der Waals surface area contributed by atoms with E-state index in [2.05, 4.69) is 15.4 Å². The van der Waals surface area contributed by atoms with Crippen molar-refractivity contribution in [1.82, 2.24) is 20.1 Å². The molecular weight excluding hydrogens is 348 g/mol. The summed E-state index contributed by atoms with van der Waals surface area (Å²) in [6.07, 6.45) is 6.36. The Morgan fingerprint density at radius 3 is 2.63 bits per heavy atom. The lowest BCUT2D eigenvalue weighted by molar-refractivity contribution is 0.0531. The van der Waals surface area contributed by atoms with Gasteiger partial charge in [0.1, 0.15) is 12.4 Å². The number of amides is 1. The largest absolute Gasteiger partial charge is 0.373 e. The fraction of sp³-hybridized carbons (Fsp3) is 0.474. The summed E-state index contributed by atoms with van der Waals surface area (Å²) in [4.78, 5) is 37.9. The minimum Gasteiger partial charge on any atom is -0.373 e. The number of nitrogens with zero attached hydrogens (tertiary/aromatic N) is 2. The van der Waals surface area contributed by atoms with Crippen molar-refractivity contribution in [3.63, 3.8) is 0 Å². The van der Waals surface area contributed by atoms with E-state index < -0.39 is 23.4 Å². The van der Waals surface area contributed by atoms with Crippen LogP contribution in [0, 0.1) is 12.8 Å². The van der Waals surface area contributed by atoms with Crippen LogP contribution in [0.25, 0.3) is 5.69 Å². The van der Waals surface area contributed by atoms with Crippen LogP contribution in [0.15, 0.2) is 34.0 Å². The molecule has 1 atom stereocenters. The highest BCUT2D eigenvalue weighted by atomic mass is 16.3. The van der Waals surface area contributed by atoms with E-state index in [-0.39, 0.29) is 5.92 Å². The molecule has 1 saturated carbocycles. The van der Waals surface area contributed by atoms with Crippen LogP contribution in [-0.2, 0) is 0 Å². The zero-order valence-electron chi connectivity index (χ0n) is 15.3. The van der Waals surface area contributed by atoms with E-state index in [1.54, 1.807) is 19.1 Å². The minimum atomic E-state index is -0.896. The highest BCUT2D eigenvalue weighted by molar-refractivity contribution is 5.96. The monoisotopic (exact) mass is 372 g/mol. The van der Waals surface area contributed by atoms with E-state index in [1.165, 1.54) is 18.9 Å². The van der Waals surface area contributed by atoms with Crippen molar-refractivity contribution in [2.24, 2.45) is 5.92 Å². The molecule has 8 heteroatoms. The molecule has 27 heavy (non-hydrogen) atoms. The van der Waals surface area contributed by atoms with Crippen molar-refractivity contribution in [3.05, 3.63) is 56.4 Å². The van der Waals surface area contributed by atoms with Crippen molar-refractivity contribution in [1.29, 1.82) is 0 Å². The number of aliphatic hydroxyl groups excluding tert-OH is 1. The molecule has 1 aromatic carbocycles. The van der Waals surface area contributed by atoms with Crippen molar-refractivity contribution in [3.8, 4) is 5.69 Å². The van der Waals surface area contributed by atoms with Crippen LogP contribution in [0.1, 0.15) is 54.4 Å². The van der Waals surface area contributed by atoms with Gasteiger partial charge in [-0.25, -0.2) is 4.79 Å². The molecule has 1 amide bonds. The number of hydrogen-bond acceptors (Lipinski definition) is 5. The molecule has 1 aliphatic carbocycles. The number of nitrogens with one attached hydrogen (secondary N) is 2. The SMILES string of the molecule is Cc1ccc(-n2ncc(=O)[nH]c2=O)cc1C(=O)NC(O)C1CCCCCC1. The molecular formula is C19H24N4O4. The summed E-state index contributed by atoms with van der Waals surface area (Å²) in [5, 5.41) is 16.9. The Kier molecular flexibility index (Phi) is 5.85. The topological polar surface area (TPSA) is 117 Å². The molecule has 0 spiro atoms. The molecule has 3 rings (SSSR count). The lowest BCUT2D eigenvalue weighted by Crippen LogP contribution is -2.40. The van der Waals surface area contributed by atoms with Gasteiger partial charge in [-0.15, -0.1) is 0 Å². The summed E-state index contributed by atoms with van der Waals surface area (Å²) in [6.45, 7) is 1.78. The van der Waals surface area contributed by atoms with Gasteiger partial charge < -0.3 is 10.4 Å². The van der Waals surface area contributed by atoms with E-state index in [1.807, 2.05) is 0 Å². The highest BCUT2D eigenvalue weighted by Gasteiger charge is 2.23. The van der Waals surface area contributed by atoms with E-state index in [4.69, 9.17) is 0 Å². The number of benzene rings is 1. The van der Waals surface area contributed by atoms with Crippen LogP contribution in [0.4, 0.5) is 0 Å². The van der Waals surface area contributed by atoms with Crippen LogP contribution < -0.4 is 16.6 Å². The van der Waals surface area contributed by atoms with Crippen LogP contribution in [0.2, 0.25) is 0 Å². The maximum atomic E-state index is 12.7. The van der Waals surface area contributed by atoms with Gasteiger partial charge >= 0.3 is 5.69 Å². The Labute approximate surface area is 156 Å². The van der Waals surface area contributed by atoms with Gasteiger partial charge in [0.05, 0.1) is 5.69 Å². The second-order valence-corrected chi connectivity index (χ2v) is 7.02. The van der Waals surface area contributed by atoms with E-state index in [0.29, 0.717) is 16.8 Å². The molecule has 2 aromatic rings. The number of aliphatic hydroxyl groups is 1. The second-order valence-electron chi connectivity index (χ2n) is 7.02. The van der Waals surface area contributed by atoms with Gasteiger partial charge in [-0.05, 0) is 37.5 Å². The van der Waals surface area contributed by atoms with Crippen molar-refractivity contribution in [2.45, 2.75) is 51.7 Å². The number of aryl methyl sites for hydroxylation is 1. The van der Waals surface area contributed by atoms with E-state index in [9.17, 15) is 19.5 Å². The number of carbonyl (C=O) groups is 1. The summed E-state index contributed by atoms with van der Waals surface area (Å²) in [5.74, 6) is -0.341. The predicted molar refractivity (Wildman–Crippen MR) is 99.9 cm³/mol. The first-order valence-electron chi connectivity index (χ1n) is 9.24. The molecule has 0 bridgehead atoms. The fourth-order valence-corrected chi connectivity index (χ4v) is 3.48. The Morgan fingerprint density at radius 1 is 1.26 bits per heavy atom. The molecule has 1 fully saturated rings. The van der Waals surface area contributed by atoms with Gasteiger partial charge in [0.15, 0.2) is 0 Å². The van der Waals surface area contributed by atoms with Gasteiger partial charge in [-0.3, -0.25) is 14.6 Å². The Morgan fingerprint density at radius 2 is 1.96 bits per heavy atom. The minimum absolute atomic E-state index is 0.0587. The van der Waals surface area contributed by atoms with E-state index >= 15 is 0 Å². The van der Waals surface area contributed by atoms with Gasteiger partial charge in [-0.2, -0.15) is 9.78 Å². The first-order chi connectivity index (χ1) is 13.0. The number of aromatic nitrogens is 3. The first-order valence-corrected chi connectivity index (χ1v) is 9.24. The lowest BCUT2D eigenvalue weighted by atomic mass is 9.98. The first kappa shape index (κ1) is 19.0. The van der Waals surface area contributed by atoms with Crippen molar-refractivity contribution < 1.29 is 9.90 Å². The van der Waals surface area contributed by atoms with E-state index in [0.717, 1.165) is 36.6 Å². The number of H-pyrrole nitrogens is 1. The zero-order valence-corrected chi connectivity index (χ0v) is 15.3. The number of rotatable bonds is 4. The van der Waals surface area contributed by atoms with Gasteiger partial charge in [0, 0.05) is 11.5 Å². The average molecular weight is 372 g/mol. The number of hydrogen-bond donors (Lipinski definition) is 3. The molecule has 8 nitrogen and oxygen atoms in total. The third-order valence-electron chi connectivity index (χ3n) is 5.05. The maximum Gasteiger partial charge on any atom is 0.349 e. The maximum absolute atomic E-state index is 12.7. The molecule has 1 unspecified atom stereocenters. The average Bonchev–Trinajstić information content (AvgIpc) is 2.92. The Hall–Kier alpha value is -2.74. The van der Waals surface area contributed by atoms with Gasteiger partial charge in [0.2, 0.25) is 0 Å². The quantitative estimate of drug-likeness (QED) is 0.551. The van der Waals surface area contributed by atoms with Gasteiger partial charge in [-0.1, -0.05) is 31.7 Å². The molecule has 144 valence electrons. The third-order valence-corrected chi connectivity index (χ3v) is 5.05. The molecule has 0 aliphatic heterocycles. The Balaban J connectivity index is 1.82. The second kappa shape index (κ2) is 8.30. The summed E-state index contributed by atoms with van der Waals surface area (Å²) in [5.41, 5.74) is 0.141. The summed E-state index contributed by atoms with van der Waals surface area (Å²) < 4.78 is 1.01. The number of carbonyl (C=O) groups excluding carboxylic acids is 1. The van der Waals surface area contributed by atoms with Crippen molar-refractivity contribution >= 4 is 5.91 Å². The normalized spacial score (nSPS) is 16.5. The standard InChI is InChI=1S/C19H24N4O4/c1-12-8-9-14(23-19(27)21-16(24)11-20-23)10-15(12)18(26)22-17(25)13-6-4-2-3-5-7-13/h8-11,13,17,25H,2-7H2,1H3,(H,22,26)(H,21,24,27). The van der Waals surface area contributed by atoms with Crippen LogP contribution in [0.3, 0.4) is 0 Å². The third kappa shape index (κ3) is 4.51. The van der Waals surface area contributed by atoms with Gasteiger partial charge in [0.25, 0.3) is 11.5 Å². The van der Waals surface area contributed by atoms with Crippen LogP contribution in [-0.4, -0.2) is 32.0 Å². The zero-order chi connectivity index (χ0) is 19.4. The summed E-state index contributed by atoms with van der Waals surface area (Å²) in [6, 6.07) is 4.86. The van der Waals surface area contributed by atoms with Crippen LogP contribution >= 0.6 is 0 Å². The molecule has 0 saturated heterocycles. The summed E-state index contributed by atoms with van der Waals surface area (Å²) in [7, 11) is 0. The highest BCUT2D eigenvalue weighted by Crippen LogP contribution is 2.25. The smallest absolute Gasteiger partial charge is 0.349 e. The predicted octanol–water partition coefficient (Wildman–Crippen LogP) is 1.25. The molecule has 1 aliphatic rings. The molecule has 1 aromatic heterocycles. The lowest BCUT2D eigenvalue weighted by Gasteiger charge is -2.22. The summed E-state index contributed by atoms with van der Waals surface area (Å²) >= 11 is 0. The molecule has 3 N–H and O–H groups in total. The Bertz CT molecular complexity index is 926. The fourth-order valence-electron chi connectivity index (χ4n) is 3.48. The number of aromatic amines is 1. The van der Waals surface area contributed by atoms with Crippen LogP contribution in [0.5, 0.6) is 0 Å².